The Balaban J connectivity index is 1.30. The fourth-order valence-corrected chi connectivity index (χ4v) is 7.70. The van der Waals surface area contributed by atoms with Crippen molar-refractivity contribution in [2.24, 2.45) is 21.8 Å². The highest BCUT2D eigenvalue weighted by atomic mass is 32.2. The molecule has 2 heterocycles. The number of esters is 2. The summed E-state index contributed by atoms with van der Waals surface area (Å²) in [6.07, 6.45) is 0.805. The third kappa shape index (κ3) is 11.6. The maximum Gasteiger partial charge on any atom is 0.331 e. The summed E-state index contributed by atoms with van der Waals surface area (Å²) in [7, 11) is -3.92. The fourth-order valence-electron chi connectivity index (χ4n) is 6.45. The summed E-state index contributed by atoms with van der Waals surface area (Å²) in [5, 5.41) is 2.69. The Labute approximate surface area is 332 Å². The maximum absolute atomic E-state index is 13.9. The van der Waals surface area contributed by atoms with E-state index in [0.717, 1.165) is 11.1 Å². The first-order chi connectivity index (χ1) is 27.4. The number of rotatable bonds is 16. The average Bonchev–Trinajstić information content (AvgIpc) is 3.18. The van der Waals surface area contributed by atoms with E-state index in [1.807, 2.05) is 137 Å². The molecule has 0 saturated carbocycles. The molecule has 0 radical (unpaired) electrons. The lowest BCUT2D eigenvalue weighted by atomic mass is 10.0. The van der Waals surface area contributed by atoms with Crippen molar-refractivity contribution in [1.82, 2.24) is 0 Å². The summed E-state index contributed by atoms with van der Waals surface area (Å²) in [6, 6.07) is 35.1. The second-order valence-electron chi connectivity index (χ2n) is 15.0. The molecule has 2 aromatic heterocycles. The molecule has 0 amide bonds. The molecule has 0 saturated heterocycles. The Morgan fingerprint density at radius 3 is 1.32 bits per heavy atom. The second-order valence-corrected chi connectivity index (χ2v) is 17.0. The Morgan fingerprint density at radius 1 is 0.561 bits per heavy atom. The van der Waals surface area contributed by atoms with Crippen molar-refractivity contribution in [3.8, 4) is 0 Å². The van der Waals surface area contributed by atoms with Crippen LogP contribution >= 0.6 is 0 Å². The minimum absolute atomic E-state index is 0.103. The van der Waals surface area contributed by atoms with Crippen LogP contribution in [0.15, 0.2) is 140 Å². The minimum atomic E-state index is -3.92. The molecule has 0 unspecified atom stereocenters. The second kappa shape index (κ2) is 18.9. The molecule has 0 aliphatic heterocycles. The molecule has 0 aliphatic carbocycles. The molecule has 296 valence electrons. The van der Waals surface area contributed by atoms with E-state index in [4.69, 9.17) is 28.3 Å². The summed E-state index contributed by atoms with van der Waals surface area (Å²) < 4.78 is 51.6. The molecule has 57 heavy (non-hydrogen) atoms. The number of nitrogens with zero attached hydrogens (tertiary/aromatic N) is 2. The normalized spacial score (nSPS) is 13.6. The monoisotopic (exact) mass is 788 g/mol. The predicted octanol–water partition coefficient (Wildman–Crippen LogP) is 8.41. The van der Waals surface area contributed by atoms with Gasteiger partial charge in [0.15, 0.2) is 21.9 Å². The van der Waals surface area contributed by atoms with Crippen molar-refractivity contribution >= 4 is 43.3 Å². The molecular weight excluding hydrogens is 741 g/mol. The molecular formula is C46H48N2O8S. The van der Waals surface area contributed by atoms with Gasteiger partial charge in [-0.25, -0.2) is 28.0 Å². The maximum atomic E-state index is 13.9. The van der Waals surface area contributed by atoms with Crippen LogP contribution in [0.25, 0.3) is 21.5 Å². The molecule has 6 aromatic rings. The average molecular weight is 789 g/mol. The summed E-state index contributed by atoms with van der Waals surface area (Å²) in [6.45, 7) is 8.17. The smallest absolute Gasteiger partial charge is 0.331 e. The van der Waals surface area contributed by atoms with Crippen LogP contribution in [0.4, 0.5) is 0 Å². The largest absolute Gasteiger partial charge is 0.459 e. The van der Waals surface area contributed by atoms with Gasteiger partial charge in [0.1, 0.15) is 36.2 Å². The van der Waals surface area contributed by atoms with Gasteiger partial charge in [0.2, 0.25) is 11.1 Å². The SMILES string of the molecule is CC(C)C[C@H](N=c1oc(CS(=O)(=O)Cc2cc3ccccc3c(=N[C@@H](CC(C)C)C(=O)OCc3ccccc3)o2)cc2ccccc12)C(=O)OCc1ccccc1. The first-order valence-corrected chi connectivity index (χ1v) is 21.0. The van der Waals surface area contributed by atoms with E-state index in [0.29, 0.717) is 34.4 Å². The van der Waals surface area contributed by atoms with Gasteiger partial charge in [-0.15, -0.1) is 0 Å². The lowest BCUT2D eigenvalue weighted by Crippen LogP contribution is -2.26. The topological polar surface area (TPSA) is 138 Å². The number of carbonyl (C=O) groups is 2. The Hall–Kier alpha value is -5.81. The van der Waals surface area contributed by atoms with E-state index in [1.54, 1.807) is 12.1 Å². The van der Waals surface area contributed by atoms with E-state index in [-0.39, 0.29) is 47.7 Å². The van der Waals surface area contributed by atoms with E-state index in [9.17, 15) is 18.0 Å². The standard InChI is InChI=1S/C46H48N2O8S/c1-31(2)23-41(45(49)53-27-33-15-7-5-8-16-33)47-43-39-21-13-11-19-35(39)25-37(55-43)29-57(51,52)30-38-26-36-20-12-14-22-40(36)44(56-38)48-42(24-32(3)4)46(50)54-28-34-17-9-6-10-18-34/h5-22,25-26,31-32,41-42H,23-24,27-30H2,1-4H3/t41-,42-/m0/s1. The van der Waals surface area contributed by atoms with Gasteiger partial charge in [0.25, 0.3) is 0 Å². The highest BCUT2D eigenvalue weighted by molar-refractivity contribution is 7.89. The molecule has 11 heteroatoms. The first-order valence-electron chi connectivity index (χ1n) is 19.1. The quantitative estimate of drug-likeness (QED) is 0.0892. The van der Waals surface area contributed by atoms with Crippen molar-refractivity contribution in [2.45, 2.75) is 77.3 Å². The zero-order valence-electron chi connectivity index (χ0n) is 32.7. The molecule has 0 spiro atoms. The van der Waals surface area contributed by atoms with Gasteiger partial charge in [0, 0.05) is 10.8 Å². The number of benzene rings is 4. The number of sulfone groups is 1. The van der Waals surface area contributed by atoms with Crippen LogP contribution < -0.4 is 11.1 Å². The molecule has 6 rings (SSSR count). The predicted molar refractivity (Wildman–Crippen MR) is 219 cm³/mol. The van der Waals surface area contributed by atoms with Crippen LogP contribution in [-0.4, -0.2) is 32.4 Å². The molecule has 4 aromatic carbocycles. The third-order valence-electron chi connectivity index (χ3n) is 9.12. The lowest BCUT2D eigenvalue weighted by molar-refractivity contribution is -0.147. The van der Waals surface area contributed by atoms with Crippen LogP contribution in [0, 0.1) is 11.8 Å². The molecule has 0 bridgehead atoms. The van der Waals surface area contributed by atoms with Crippen LogP contribution in [0.5, 0.6) is 0 Å². The van der Waals surface area contributed by atoms with Crippen LogP contribution in [0.3, 0.4) is 0 Å². The molecule has 2 atom stereocenters. The van der Waals surface area contributed by atoms with Gasteiger partial charge in [-0.05, 0) is 70.8 Å². The number of ether oxygens (including phenoxy) is 2. The minimum Gasteiger partial charge on any atom is -0.459 e. The van der Waals surface area contributed by atoms with E-state index in [1.165, 1.54) is 0 Å². The van der Waals surface area contributed by atoms with Gasteiger partial charge >= 0.3 is 11.9 Å². The van der Waals surface area contributed by atoms with E-state index in [2.05, 4.69) is 0 Å². The zero-order valence-corrected chi connectivity index (χ0v) is 33.5. The van der Waals surface area contributed by atoms with Gasteiger partial charge < -0.3 is 18.3 Å². The summed E-state index contributed by atoms with van der Waals surface area (Å²) in [5.41, 5.74) is 2.00. The summed E-state index contributed by atoms with van der Waals surface area (Å²) in [5.74, 6) is -1.40. The number of fused-ring (bicyclic) bond motifs is 2. The number of hydrogen-bond donors (Lipinski definition) is 0. The van der Waals surface area contributed by atoms with Gasteiger partial charge in [0.05, 0.1) is 0 Å². The zero-order chi connectivity index (χ0) is 40.4. The van der Waals surface area contributed by atoms with Crippen LogP contribution in [0.2, 0.25) is 0 Å². The molecule has 0 fully saturated rings. The summed E-state index contributed by atoms with van der Waals surface area (Å²) >= 11 is 0. The van der Waals surface area contributed by atoms with Gasteiger partial charge in [-0.1, -0.05) is 125 Å². The van der Waals surface area contributed by atoms with Crippen molar-refractivity contribution in [2.75, 3.05) is 0 Å². The molecule has 0 aliphatic rings. The van der Waals surface area contributed by atoms with Crippen LogP contribution in [-0.2, 0) is 53.6 Å². The highest BCUT2D eigenvalue weighted by Crippen LogP contribution is 2.21. The van der Waals surface area contributed by atoms with Crippen molar-refractivity contribution < 1.29 is 36.3 Å². The van der Waals surface area contributed by atoms with E-state index >= 15 is 0 Å². The lowest BCUT2D eigenvalue weighted by Gasteiger charge is -2.15. The van der Waals surface area contributed by atoms with E-state index < -0.39 is 45.4 Å². The third-order valence-corrected chi connectivity index (χ3v) is 10.6. The van der Waals surface area contributed by atoms with Gasteiger partial charge in [-0.3, -0.25) is 0 Å². The fraction of sp³-hybridized carbons (Fsp3) is 0.304. The van der Waals surface area contributed by atoms with Crippen LogP contribution in [0.1, 0.15) is 63.2 Å². The van der Waals surface area contributed by atoms with Crippen molar-refractivity contribution in [3.63, 3.8) is 0 Å². The summed E-state index contributed by atoms with van der Waals surface area (Å²) in [4.78, 5) is 36.3. The van der Waals surface area contributed by atoms with Gasteiger partial charge in [-0.2, -0.15) is 0 Å². The highest BCUT2D eigenvalue weighted by Gasteiger charge is 2.24. The first kappa shape index (κ1) is 40.8. The number of hydrogen-bond acceptors (Lipinski definition) is 10. The van der Waals surface area contributed by atoms with Crippen molar-refractivity contribution in [1.29, 1.82) is 0 Å². The molecule has 10 nitrogen and oxygen atoms in total. The Kier molecular flexibility index (Phi) is 13.5. The Bertz CT molecular complexity index is 2390. The van der Waals surface area contributed by atoms with Crippen molar-refractivity contribution in [3.05, 3.63) is 155 Å². The molecule has 0 N–H and O–H groups in total. The Morgan fingerprint density at radius 2 is 0.930 bits per heavy atom. The number of carbonyl (C=O) groups excluding carboxylic acids is 2.